The standard InChI is InChI=1S/C14H14.H2/c1-3-7-13(8-4-1)11-12-14-9-5-2-6-10-14;/h1-10H,11-12H2;1H. The van der Waals surface area contributed by atoms with Crippen molar-refractivity contribution in [2.75, 3.05) is 0 Å². The molecule has 0 nitrogen and oxygen atoms in total. The van der Waals surface area contributed by atoms with Crippen LogP contribution in [0.25, 0.3) is 0 Å². The molecule has 0 aliphatic carbocycles. The zero-order valence-electron chi connectivity index (χ0n) is 8.19. The molecule has 0 fully saturated rings. The molecule has 0 radical (unpaired) electrons. The van der Waals surface area contributed by atoms with Crippen molar-refractivity contribution < 1.29 is 1.43 Å². The zero-order chi connectivity index (χ0) is 9.64. The number of hydrogen-bond acceptors (Lipinski definition) is 0. The Morgan fingerprint density at radius 1 is 0.571 bits per heavy atom. The molecule has 72 valence electrons. The molecule has 0 heterocycles. The van der Waals surface area contributed by atoms with Crippen LogP contribution < -0.4 is 0 Å². The van der Waals surface area contributed by atoms with Crippen LogP contribution in [0.1, 0.15) is 12.6 Å². The summed E-state index contributed by atoms with van der Waals surface area (Å²) < 4.78 is 0. The van der Waals surface area contributed by atoms with Gasteiger partial charge in [0.15, 0.2) is 0 Å². The third-order valence-electron chi connectivity index (χ3n) is 2.39. The van der Waals surface area contributed by atoms with Gasteiger partial charge in [-0.25, -0.2) is 0 Å². The van der Waals surface area contributed by atoms with Gasteiger partial charge in [-0.1, -0.05) is 60.7 Å². The van der Waals surface area contributed by atoms with E-state index < -0.39 is 0 Å². The first kappa shape index (κ1) is 9.01. The second-order valence-corrected chi connectivity index (χ2v) is 3.47. The summed E-state index contributed by atoms with van der Waals surface area (Å²) in [6, 6.07) is 21.2. The number of hydrogen-bond donors (Lipinski definition) is 0. The van der Waals surface area contributed by atoms with Gasteiger partial charge in [-0.15, -0.1) is 0 Å². The summed E-state index contributed by atoms with van der Waals surface area (Å²) in [5.74, 6) is 0. The summed E-state index contributed by atoms with van der Waals surface area (Å²) >= 11 is 0. The van der Waals surface area contributed by atoms with Gasteiger partial charge in [0.05, 0.1) is 0 Å². The Balaban J connectivity index is 0.00000112. The third kappa shape index (κ3) is 2.46. The van der Waals surface area contributed by atoms with Gasteiger partial charge in [0, 0.05) is 1.43 Å². The SMILES string of the molecule is [HH].c1ccc(CCc2ccccc2)cc1. The lowest BCUT2D eigenvalue weighted by Gasteiger charge is -2.01. The van der Waals surface area contributed by atoms with Gasteiger partial charge in [-0.05, 0) is 24.0 Å². The van der Waals surface area contributed by atoms with E-state index in [1.54, 1.807) is 0 Å². The van der Waals surface area contributed by atoms with Crippen molar-refractivity contribution in [1.82, 2.24) is 0 Å². The van der Waals surface area contributed by atoms with Crippen molar-refractivity contribution in [2.24, 2.45) is 0 Å². The maximum Gasteiger partial charge on any atom is 0 e. The van der Waals surface area contributed by atoms with Crippen molar-refractivity contribution in [1.29, 1.82) is 0 Å². The normalized spacial score (nSPS) is 10.0. The molecule has 0 unspecified atom stereocenters. The number of rotatable bonds is 3. The monoisotopic (exact) mass is 184 g/mol. The largest absolute Gasteiger partial charge is 0.0622 e. The molecule has 2 rings (SSSR count). The highest BCUT2D eigenvalue weighted by atomic mass is 14.0. The van der Waals surface area contributed by atoms with Crippen LogP contribution in [0.5, 0.6) is 0 Å². The molecule has 0 atom stereocenters. The molecule has 0 aromatic heterocycles. The van der Waals surface area contributed by atoms with Crippen LogP contribution >= 0.6 is 0 Å². The second kappa shape index (κ2) is 4.61. The van der Waals surface area contributed by atoms with Crippen LogP contribution in [0.2, 0.25) is 0 Å². The van der Waals surface area contributed by atoms with Crippen molar-refractivity contribution >= 4 is 0 Å². The predicted molar refractivity (Wildman–Crippen MR) is 62.4 cm³/mol. The molecule has 2 aromatic rings. The maximum absolute atomic E-state index is 2.18. The Morgan fingerprint density at radius 3 is 1.29 bits per heavy atom. The number of benzene rings is 2. The number of aryl methyl sites for hydroxylation is 2. The van der Waals surface area contributed by atoms with Crippen LogP contribution in [-0.2, 0) is 12.8 Å². The van der Waals surface area contributed by atoms with Gasteiger partial charge >= 0.3 is 0 Å². The van der Waals surface area contributed by atoms with Crippen LogP contribution in [0, 0.1) is 0 Å². The van der Waals surface area contributed by atoms with Gasteiger partial charge in [-0.3, -0.25) is 0 Å². The average Bonchev–Trinajstić information content (AvgIpc) is 2.29. The molecular weight excluding hydrogens is 168 g/mol. The van der Waals surface area contributed by atoms with E-state index in [0.29, 0.717) is 0 Å². The Labute approximate surface area is 86.7 Å². The van der Waals surface area contributed by atoms with Crippen LogP contribution in [0.3, 0.4) is 0 Å². The van der Waals surface area contributed by atoms with Crippen molar-refractivity contribution in [2.45, 2.75) is 12.8 Å². The van der Waals surface area contributed by atoms with E-state index in [0.717, 1.165) is 12.8 Å². The Hall–Kier alpha value is -1.56. The van der Waals surface area contributed by atoms with Crippen LogP contribution in [0.4, 0.5) is 0 Å². The fraction of sp³-hybridized carbons (Fsp3) is 0.143. The summed E-state index contributed by atoms with van der Waals surface area (Å²) in [6.45, 7) is 0. The lowest BCUT2D eigenvalue weighted by Crippen LogP contribution is -1.89. The fourth-order valence-corrected chi connectivity index (χ4v) is 1.58. The molecule has 0 saturated carbocycles. The van der Waals surface area contributed by atoms with Gasteiger partial charge in [0.2, 0.25) is 0 Å². The van der Waals surface area contributed by atoms with Gasteiger partial charge in [0.25, 0.3) is 0 Å². The molecule has 0 amide bonds. The molecule has 0 spiro atoms. The first-order chi connectivity index (χ1) is 6.95. The molecule has 0 saturated heterocycles. The summed E-state index contributed by atoms with van der Waals surface area (Å²) in [5.41, 5.74) is 2.83. The van der Waals surface area contributed by atoms with Crippen molar-refractivity contribution in [3.8, 4) is 0 Å². The molecule has 0 bridgehead atoms. The minimum absolute atomic E-state index is 0. The minimum atomic E-state index is 0. The highest BCUT2D eigenvalue weighted by Crippen LogP contribution is 2.06. The Morgan fingerprint density at radius 2 is 0.929 bits per heavy atom. The molecule has 14 heavy (non-hydrogen) atoms. The highest BCUT2D eigenvalue weighted by molar-refractivity contribution is 5.19. The van der Waals surface area contributed by atoms with Gasteiger partial charge < -0.3 is 0 Å². The Kier molecular flexibility index (Phi) is 2.97. The maximum atomic E-state index is 2.18. The summed E-state index contributed by atoms with van der Waals surface area (Å²) in [6.07, 6.45) is 2.26. The first-order valence-corrected chi connectivity index (χ1v) is 5.03. The lowest BCUT2D eigenvalue weighted by atomic mass is 10.0. The van der Waals surface area contributed by atoms with E-state index in [4.69, 9.17) is 0 Å². The lowest BCUT2D eigenvalue weighted by molar-refractivity contribution is 0.960. The topological polar surface area (TPSA) is 0 Å². The van der Waals surface area contributed by atoms with Crippen molar-refractivity contribution in [3.05, 3.63) is 71.8 Å². The quantitative estimate of drug-likeness (QED) is 0.682. The average molecular weight is 184 g/mol. The van der Waals surface area contributed by atoms with E-state index in [9.17, 15) is 0 Å². The van der Waals surface area contributed by atoms with Gasteiger partial charge in [-0.2, -0.15) is 0 Å². The Bertz CT molecular complexity index is 328. The van der Waals surface area contributed by atoms with Crippen molar-refractivity contribution in [3.63, 3.8) is 0 Å². The van der Waals surface area contributed by atoms with Gasteiger partial charge in [0.1, 0.15) is 0 Å². The second-order valence-electron chi connectivity index (χ2n) is 3.47. The molecule has 0 aliphatic rings. The predicted octanol–water partition coefficient (Wildman–Crippen LogP) is 3.72. The summed E-state index contributed by atoms with van der Waals surface area (Å²) in [7, 11) is 0. The molecule has 0 aliphatic heterocycles. The van der Waals surface area contributed by atoms with E-state index in [-0.39, 0.29) is 1.43 Å². The first-order valence-electron chi connectivity index (χ1n) is 5.03. The molecule has 0 heteroatoms. The molecule has 0 N–H and O–H groups in total. The zero-order valence-corrected chi connectivity index (χ0v) is 8.19. The summed E-state index contributed by atoms with van der Waals surface area (Å²) in [4.78, 5) is 0. The molecular formula is C14H16. The van der Waals surface area contributed by atoms with E-state index in [2.05, 4.69) is 60.7 Å². The highest BCUT2D eigenvalue weighted by Gasteiger charge is 1.93. The van der Waals surface area contributed by atoms with E-state index >= 15 is 0 Å². The summed E-state index contributed by atoms with van der Waals surface area (Å²) in [5, 5.41) is 0. The molecule has 2 aromatic carbocycles. The fourth-order valence-electron chi connectivity index (χ4n) is 1.58. The smallest absolute Gasteiger partial charge is 0 e. The van der Waals surface area contributed by atoms with Crippen LogP contribution in [0.15, 0.2) is 60.7 Å². The van der Waals surface area contributed by atoms with E-state index in [1.165, 1.54) is 11.1 Å². The van der Waals surface area contributed by atoms with Crippen LogP contribution in [-0.4, -0.2) is 0 Å². The minimum Gasteiger partial charge on any atom is -0.0622 e. The third-order valence-corrected chi connectivity index (χ3v) is 2.39. The van der Waals surface area contributed by atoms with E-state index in [1.807, 2.05) is 0 Å².